The standard InChI is InChI=1S/C13H11FN2O2/c14-11-3-1-2-9(6-11)8-16-12-7-10(13(17)18)4-5-15-12/h1-7H,8H2,(H,15,16)(H,17,18). The third kappa shape index (κ3) is 3.04. The summed E-state index contributed by atoms with van der Waals surface area (Å²) < 4.78 is 12.9. The number of carbonyl (C=O) groups is 1. The van der Waals surface area contributed by atoms with E-state index in [0.717, 1.165) is 5.56 Å². The Labute approximate surface area is 103 Å². The molecule has 0 bridgehead atoms. The Morgan fingerprint density at radius 1 is 1.33 bits per heavy atom. The van der Waals surface area contributed by atoms with Gasteiger partial charge in [-0.2, -0.15) is 0 Å². The number of halogens is 1. The van der Waals surface area contributed by atoms with Crippen LogP contribution in [0.1, 0.15) is 15.9 Å². The first-order valence-corrected chi connectivity index (χ1v) is 5.33. The molecule has 0 aliphatic rings. The molecule has 0 amide bonds. The van der Waals surface area contributed by atoms with Crippen LogP contribution in [-0.4, -0.2) is 16.1 Å². The Balaban J connectivity index is 2.06. The van der Waals surface area contributed by atoms with Crippen LogP contribution in [0.3, 0.4) is 0 Å². The number of anilines is 1. The molecule has 1 aromatic carbocycles. The number of nitrogens with one attached hydrogen (secondary N) is 1. The third-order valence-electron chi connectivity index (χ3n) is 2.37. The summed E-state index contributed by atoms with van der Waals surface area (Å²) in [6, 6.07) is 9.02. The maximum atomic E-state index is 12.9. The molecule has 2 aromatic rings. The van der Waals surface area contributed by atoms with Crippen LogP contribution in [0.15, 0.2) is 42.6 Å². The molecule has 0 unspecified atom stereocenters. The topological polar surface area (TPSA) is 62.2 Å². The second-order valence-corrected chi connectivity index (χ2v) is 3.72. The van der Waals surface area contributed by atoms with Crippen LogP contribution in [0, 0.1) is 5.82 Å². The van der Waals surface area contributed by atoms with Gasteiger partial charge in [0.25, 0.3) is 0 Å². The van der Waals surface area contributed by atoms with Crippen molar-refractivity contribution in [1.29, 1.82) is 0 Å². The minimum atomic E-state index is -1.01. The van der Waals surface area contributed by atoms with Gasteiger partial charge in [0.1, 0.15) is 11.6 Å². The fraction of sp³-hybridized carbons (Fsp3) is 0.0769. The van der Waals surface area contributed by atoms with Crippen molar-refractivity contribution in [3.05, 3.63) is 59.5 Å². The summed E-state index contributed by atoms with van der Waals surface area (Å²) in [5.41, 5.74) is 0.921. The Hall–Kier alpha value is -2.43. The predicted molar refractivity (Wildman–Crippen MR) is 64.9 cm³/mol. The molecule has 18 heavy (non-hydrogen) atoms. The molecule has 0 fully saturated rings. The van der Waals surface area contributed by atoms with E-state index in [2.05, 4.69) is 10.3 Å². The zero-order valence-corrected chi connectivity index (χ0v) is 9.43. The normalized spacial score (nSPS) is 10.1. The molecule has 0 saturated heterocycles. The largest absolute Gasteiger partial charge is 0.478 e. The van der Waals surface area contributed by atoms with Crippen molar-refractivity contribution in [2.24, 2.45) is 0 Å². The molecule has 2 N–H and O–H groups in total. The average molecular weight is 246 g/mol. The molecule has 0 spiro atoms. The number of carboxylic acid groups (broad SMARTS) is 1. The van der Waals surface area contributed by atoms with Crippen LogP contribution in [0.2, 0.25) is 0 Å². The smallest absolute Gasteiger partial charge is 0.335 e. The summed E-state index contributed by atoms with van der Waals surface area (Å²) in [6.45, 7) is 0.383. The number of rotatable bonds is 4. The fourth-order valence-corrected chi connectivity index (χ4v) is 1.50. The van der Waals surface area contributed by atoms with Crippen molar-refractivity contribution >= 4 is 11.8 Å². The van der Waals surface area contributed by atoms with Crippen molar-refractivity contribution in [2.45, 2.75) is 6.54 Å². The molecule has 5 heteroatoms. The monoisotopic (exact) mass is 246 g/mol. The third-order valence-corrected chi connectivity index (χ3v) is 2.37. The van der Waals surface area contributed by atoms with E-state index >= 15 is 0 Å². The van der Waals surface area contributed by atoms with Gasteiger partial charge in [-0.25, -0.2) is 14.2 Å². The van der Waals surface area contributed by atoms with Gasteiger partial charge >= 0.3 is 5.97 Å². The number of hydrogen-bond acceptors (Lipinski definition) is 3. The van der Waals surface area contributed by atoms with Crippen molar-refractivity contribution in [1.82, 2.24) is 4.98 Å². The summed E-state index contributed by atoms with van der Waals surface area (Å²) in [5.74, 6) is -0.869. The van der Waals surface area contributed by atoms with E-state index in [9.17, 15) is 9.18 Å². The lowest BCUT2D eigenvalue weighted by molar-refractivity contribution is 0.0697. The van der Waals surface area contributed by atoms with E-state index in [1.165, 1.54) is 30.5 Å². The van der Waals surface area contributed by atoms with E-state index < -0.39 is 5.97 Å². The summed E-state index contributed by atoms with van der Waals surface area (Å²) >= 11 is 0. The molecule has 0 saturated carbocycles. The zero-order chi connectivity index (χ0) is 13.0. The molecule has 2 rings (SSSR count). The first-order valence-electron chi connectivity index (χ1n) is 5.33. The number of benzene rings is 1. The van der Waals surface area contributed by atoms with Gasteiger partial charge in [-0.1, -0.05) is 12.1 Å². The van der Waals surface area contributed by atoms with E-state index in [1.54, 1.807) is 12.1 Å². The van der Waals surface area contributed by atoms with Gasteiger partial charge in [0.05, 0.1) is 5.56 Å². The lowest BCUT2D eigenvalue weighted by atomic mass is 10.2. The summed E-state index contributed by atoms with van der Waals surface area (Å²) in [6.07, 6.45) is 1.41. The quantitative estimate of drug-likeness (QED) is 0.870. The number of aromatic carboxylic acids is 1. The van der Waals surface area contributed by atoms with E-state index in [0.29, 0.717) is 12.4 Å². The maximum Gasteiger partial charge on any atom is 0.335 e. The molecule has 0 aliphatic carbocycles. The fourth-order valence-electron chi connectivity index (χ4n) is 1.50. The minimum Gasteiger partial charge on any atom is -0.478 e. The molecule has 4 nitrogen and oxygen atoms in total. The zero-order valence-electron chi connectivity index (χ0n) is 9.43. The average Bonchev–Trinajstić information content (AvgIpc) is 2.37. The Morgan fingerprint density at radius 3 is 2.89 bits per heavy atom. The molecule has 92 valence electrons. The van der Waals surface area contributed by atoms with Crippen LogP contribution in [-0.2, 0) is 6.54 Å². The Morgan fingerprint density at radius 2 is 2.17 bits per heavy atom. The highest BCUT2D eigenvalue weighted by atomic mass is 19.1. The summed E-state index contributed by atoms with van der Waals surface area (Å²) in [7, 11) is 0. The summed E-state index contributed by atoms with van der Waals surface area (Å²) in [5, 5.41) is 11.8. The van der Waals surface area contributed by atoms with Gasteiger partial charge in [0.2, 0.25) is 0 Å². The highest BCUT2D eigenvalue weighted by Crippen LogP contribution is 2.10. The maximum absolute atomic E-state index is 12.9. The second kappa shape index (κ2) is 5.27. The van der Waals surface area contributed by atoms with Gasteiger partial charge in [-0.05, 0) is 29.8 Å². The molecule has 1 heterocycles. The highest BCUT2D eigenvalue weighted by Gasteiger charge is 2.04. The van der Waals surface area contributed by atoms with Crippen molar-refractivity contribution in [3.8, 4) is 0 Å². The van der Waals surface area contributed by atoms with Crippen molar-refractivity contribution in [2.75, 3.05) is 5.32 Å². The molecular weight excluding hydrogens is 235 g/mol. The second-order valence-electron chi connectivity index (χ2n) is 3.72. The lowest BCUT2D eigenvalue weighted by Gasteiger charge is -2.06. The van der Waals surface area contributed by atoms with E-state index in [4.69, 9.17) is 5.11 Å². The van der Waals surface area contributed by atoms with Crippen LogP contribution in [0.25, 0.3) is 0 Å². The SMILES string of the molecule is O=C(O)c1ccnc(NCc2cccc(F)c2)c1. The number of aromatic nitrogens is 1. The number of carboxylic acids is 1. The van der Waals surface area contributed by atoms with E-state index in [1.807, 2.05) is 0 Å². The van der Waals surface area contributed by atoms with Gasteiger partial charge in [-0.15, -0.1) is 0 Å². The Kier molecular flexibility index (Phi) is 3.52. The number of pyridine rings is 1. The molecule has 0 aliphatic heterocycles. The van der Waals surface area contributed by atoms with Gasteiger partial charge in [0.15, 0.2) is 0 Å². The first kappa shape index (κ1) is 12.0. The minimum absolute atomic E-state index is 0.159. The Bertz CT molecular complexity index is 572. The van der Waals surface area contributed by atoms with Crippen molar-refractivity contribution < 1.29 is 14.3 Å². The lowest BCUT2D eigenvalue weighted by Crippen LogP contribution is -2.04. The molecule has 1 aromatic heterocycles. The van der Waals surface area contributed by atoms with Crippen LogP contribution in [0.4, 0.5) is 10.2 Å². The first-order chi connectivity index (χ1) is 8.65. The van der Waals surface area contributed by atoms with Gasteiger partial charge in [-0.3, -0.25) is 0 Å². The van der Waals surface area contributed by atoms with Crippen LogP contribution in [0.5, 0.6) is 0 Å². The van der Waals surface area contributed by atoms with Crippen LogP contribution < -0.4 is 5.32 Å². The predicted octanol–water partition coefficient (Wildman–Crippen LogP) is 2.53. The van der Waals surface area contributed by atoms with Crippen LogP contribution >= 0.6 is 0 Å². The van der Waals surface area contributed by atoms with Gasteiger partial charge in [0, 0.05) is 12.7 Å². The molecule has 0 atom stereocenters. The highest BCUT2D eigenvalue weighted by molar-refractivity contribution is 5.88. The molecular formula is C13H11FN2O2. The van der Waals surface area contributed by atoms with E-state index in [-0.39, 0.29) is 11.4 Å². The number of hydrogen-bond donors (Lipinski definition) is 2. The molecule has 0 radical (unpaired) electrons. The number of nitrogens with zero attached hydrogens (tertiary/aromatic N) is 1. The van der Waals surface area contributed by atoms with Crippen molar-refractivity contribution in [3.63, 3.8) is 0 Å². The summed E-state index contributed by atoms with van der Waals surface area (Å²) in [4.78, 5) is 14.8. The van der Waals surface area contributed by atoms with Gasteiger partial charge < -0.3 is 10.4 Å².